The number of thioether (sulfide) groups is 1. The van der Waals surface area contributed by atoms with Crippen LogP contribution < -0.4 is 0 Å². The van der Waals surface area contributed by atoms with Crippen molar-refractivity contribution in [1.29, 1.82) is 0 Å². The van der Waals surface area contributed by atoms with Gasteiger partial charge in [0.15, 0.2) is 12.8 Å². The molecule has 23 heavy (non-hydrogen) atoms. The SMILES string of the molecule is C=CSC=C.OCC1(CO)COC=N1.OCC1(CO)COC=N1. The predicted molar refractivity (Wildman–Crippen MR) is 90.7 cm³/mol. The minimum atomic E-state index is -0.764. The summed E-state index contributed by atoms with van der Waals surface area (Å²) >= 11 is 1.49. The molecule has 0 aliphatic carbocycles. The molecular weight excluding hydrogens is 324 g/mol. The molecule has 2 aliphatic rings. The second kappa shape index (κ2) is 12.1. The molecule has 0 fully saturated rings. The van der Waals surface area contributed by atoms with Crippen LogP contribution in [0.15, 0.2) is 34.0 Å². The molecule has 9 heteroatoms. The minimum Gasteiger partial charge on any atom is -0.481 e. The third-order valence-electron chi connectivity index (χ3n) is 2.88. The van der Waals surface area contributed by atoms with Gasteiger partial charge in [0.1, 0.15) is 24.3 Å². The summed E-state index contributed by atoms with van der Waals surface area (Å²) in [6.07, 6.45) is 2.51. The summed E-state index contributed by atoms with van der Waals surface area (Å²) in [5.41, 5.74) is -1.53. The Kier molecular flexibility index (Phi) is 11.4. The average Bonchev–Trinajstić information content (AvgIpc) is 3.27. The predicted octanol–water partition coefficient (Wildman–Crippen LogP) is -0.457. The van der Waals surface area contributed by atoms with Crippen molar-refractivity contribution in [2.45, 2.75) is 11.1 Å². The van der Waals surface area contributed by atoms with E-state index in [1.807, 2.05) is 0 Å². The van der Waals surface area contributed by atoms with Crippen molar-refractivity contribution in [3.8, 4) is 0 Å². The monoisotopic (exact) mass is 348 g/mol. The van der Waals surface area contributed by atoms with Crippen LogP contribution in [0.2, 0.25) is 0 Å². The summed E-state index contributed by atoms with van der Waals surface area (Å²) in [6, 6.07) is 0. The van der Waals surface area contributed by atoms with Gasteiger partial charge in [-0.05, 0) is 10.8 Å². The number of aliphatic hydroxyl groups excluding tert-OH is 4. The lowest BCUT2D eigenvalue weighted by Crippen LogP contribution is -2.37. The number of aliphatic imine (C=N–C) groups is 2. The maximum Gasteiger partial charge on any atom is 0.170 e. The van der Waals surface area contributed by atoms with Crippen molar-refractivity contribution in [3.63, 3.8) is 0 Å². The van der Waals surface area contributed by atoms with Gasteiger partial charge in [-0.15, -0.1) is 11.8 Å². The highest BCUT2D eigenvalue weighted by molar-refractivity contribution is 8.04. The molecule has 0 aromatic rings. The van der Waals surface area contributed by atoms with Crippen LogP contribution in [-0.4, -0.2) is 83.9 Å². The van der Waals surface area contributed by atoms with Gasteiger partial charge in [-0.2, -0.15) is 0 Å². The lowest BCUT2D eigenvalue weighted by atomic mass is 10.1. The Labute approximate surface area is 139 Å². The molecule has 2 rings (SSSR count). The fourth-order valence-corrected chi connectivity index (χ4v) is 1.41. The van der Waals surface area contributed by atoms with Gasteiger partial charge < -0.3 is 29.9 Å². The first-order valence-corrected chi connectivity index (χ1v) is 7.63. The Morgan fingerprint density at radius 3 is 1.30 bits per heavy atom. The van der Waals surface area contributed by atoms with Gasteiger partial charge in [0.25, 0.3) is 0 Å². The molecule has 0 bridgehead atoms. The Morgan fingerprint density at radius 1 is 0.870 bits per heavy atom. The van der Waals surface area contributed by atoms with Crippen molar-refractivity contribution in [2.75, 3.05) is 39.6 Å². The number of nitrogens with zero attached hydrogens (tertiary/aromatic N) is 2. The van der Waals surface area contributed by atoms with E-state index in [0.717, 1.165) is 0 Å². The fourth-order valence-electron chi connectivity index (χ4n) is 1.27. The van der Waals surface area contributed by atoms with E-state index in [-0.39, 0.29) is 39.6 Å². The Morgan fingerprint density at radius 2 is 1.22 bits per heavy atom. The molecule has 0 spiro atoms. The number of aliphatic hydroxyl groups is 4. The van der Waals surface area contributed by atoms with Crippen LogP contribution in [0.25, 0.3) is 0 Å². The molecule has 8 nitrogen and oxygen atoms in total. The fraction of sp³-hybridized carbons (Fsp3) is 0.571. The molecule has 2 heterocycles. The lowest BCUT2D eigenvalue weighted by Gasteiger charge is -2.16. The van der Waals surface area contributed by atoms with Gasteiger partial charge in [-0.25, -0.2) is 9.98 Å². The van der Waals surface area contributed by atoms with Crippen LogP contribution >= 0.6 is 11.8 Å². The normalized spacial score (nSPS) is 18.6. The van der Waals surface area contributed by atoms with Gasteiger partial charge >= 0.3 is 0 Å². The molecular formula is C14H24N2O6S. The van der Waals surface area contributed by atoms with Gasteiger partial charge in [0.05, 0.1) is 26.4 Å². The maximum atomic E-state index is 8.66. The molecule has 0 unspecified atom stereocenters. The van der Waals surface area contributed by atoms with E-state index in [0.29, 0.717) is 0 Å². The third kappa shape index (κ3) is 7.62. The van der Waals surface area contributed by atoms with E-state index in [2.05, 4.69) is 23.1 Å². The van der Waals surface area contributed by atoms with Crippen molar-refractivity contribution >= 4 is 24.6 Å². The number of rotatable bonds is 6. The van der Waals surface area contributed by atoms with E-state index < -0.39 is 11.1 Å². The van der Waals surface area contributed by atoms with E-state index >= 15 is 0 Å². The highest BCUT2D eigenvalue weighted by Gasteiger charge is 2.32. The Hall–Kier alpha value is -1.39. The maximum absolute atomic E-state index is 8.66. The van der Waals surface area contributed by atoms with Crippen LogP contribution in [0, 0.1) is 0 Å². The molecule has 0 saturated heterocycles. The quantitative estimate of drug-likeness (QED) is 0.512. The summed E-state index contributed by atoms with van der Waals surface area (Å²) in [5.74, 6) is 0. The van der Waals surface area contributed by atoms with Gasteiger partial charge in [0, 0.05) is 0 Å². The highest BCUT2D eigenvalue weighted by Crippen LogP contribution is 2.14. The number of ether oxygens (including phenoxy) is 2. The summed E-state index contributed by atoms with van der Waals surface area (Å²) in [6.45, 7) is 6.77. The lowest BCUT2D eigenvalue weighted by molar-refractivity contribution is 0.0981. The van der Waals surface area contributed by atoms with Crippen molar-refractivity contribution in [3.05, 3.63) is 24.0 Å². The zero-order valence-electron chi connectivity index (χ0n) is 12.9. The summed E-state index contributed by atoms with van der Waals surface area (Å²) in [5, 5.41) is 38.1. The number of hydrogen-bond acceptors (Lipinski definition) is 9. The Balaban J connectivity index is 0.000000332. The molecule has 132 valence electrons. The van der Waals surface area contributed by atoms with E-state index in [4.69, 9.17) is 29.9 Å². The number of hydrogen-bond donors (Lipinski definition) is 4. The molecule has 0 amide bonds. The average molecular weight is 348 g/mol. The van der Waals surface area contributed by atoms with Crippen LogP contribution in [0.4, 0.5) is 0 Å². The molecule has 0 atom stereocenters. The van der Waals surface area contributed by atoms with Gasteiger partial charge in [0.2, 0.25) is 0 Å². The third-order valence-corrected chi connectivity index (χ3v) is 3.26. The van der Waals surface area contributed by atoms with Gasteiger partial charge in [-0.1, -0.05) is 13.2 Å². The summed E-state index contributed by atoms with van der Waals surface area (Å²) in [4.78, 5) is 7.51. The summed E-state index contributed by atoms with van der Waals surface area (Å²) < 4.78 is 9.46. The Bertz CT molecular complexity index is 359. The highest BCUT2D eigenvalue weighted by atomic mass is 32.2. The first-order valence-electron chi connectivity index (χ1n) is 6.69. The first-order chi connectivity index (χ1) is 11.1. The second-order valence-corrected chi connectivity index (χ2v) is 5.58. The van der Waals surface area contributed by atoms with Crippen LogP contribution in [-0.2, 0) is 9.47 Å². The van der Waals surface area contributed by atoms with E-state index in [9.17, 15) is 0 Å². The second-order valence-electron chi connectivity index (χ2n) is 4.64. The van der Waals surface area contributed by atoms with E-state index in [1.165, 1.54) is 24.6 Å². The molecule has 0 radical (unpaired) electrons. The topological polar surface area (TPSA) is 124 Å². The molecule has 0 saturated carbocycles. The zero-order valence-corrected chi connectivity index (χ0v) is 13.7. The summed E-state index contributed by atoms with van der Waals surface area (Å²) in [7, 11) is 0. The van der Waals surface area contributed by atoms with Crippen molar-refractivity contribution < 1.29 is 29.9 Å². The first kappa shape index (κ1) is 21.6. The standard InChI is InChI=1S/2C5H9NO3.C4H6S/c2*7-1-5(2-8)3-9-4-6-5;1-3-5-4-2/h2*4,7-8H,1-3H2;3-4H,1-2H2. The smallest absolute Gasteiger partial charge is 0.170 e. The molecule has 2 aliphatic heterocycles. The largest absolute Gasteiger partial charge is 0.481 e. The van der Waals surface area contributed by atoms with Gasteiger partial charge in [-0.3, -0.25) is 0 Å². The van der Waals surface area contributed by atoms with Crippen molar-refractivity contribution in [2.24, 2.45) is 9.98 Å². The molecule has 4 N–H and O–H groups in total. The van der Waals surface area contributed by atoms with Crippen LogP contribution in [0.5, 0.6) is 0 Å². The van der Waals surface area contributed by atoms with Crippen molar-refractivity contribution in [1.82, 2.24) is 0 Å². The molecule has 0 aromatic carbocycles. The van der Waals surface area contributed by atoms with E-state index in [1.54, 1.807) is 10.8 Å². The molecule has 0 aromatic heterocycles. The van der Waals surface area contributed by atoms with Crippen LogP contribution in [0.3, 0.4) is 0 Å². The zero-order chi connectivity index (χ0) is 17.6. The van der Waals surface area contributed by atoms with Crippen LogP contribution in [0.1, 0.15) is 0 Å². The minimum absolute atomic E-state index is 0.167.